The maximum absolute atomic E-state index is 10.4. The topological polar surface area (TPSA) is 17.1 Å². The highest BCUT2D eigenvalue weighted by Gasteiger charge is 1.99. The van der Waals surface area contributed by atoms with Crippen LogP contribution in [0.15, 0.2) is 12.1 Å². The van der Waals surface area contributed by atoms with Gasteiger partial charge in [-0.3, -0.25) is 4.79 Å². The van der Waals surface area contributed by atoms with E-state index in [0.717, 1.165) is 11.3 Å². The number of hydrogen-bond acceptors (Lipinski definition) is 2. The molecule has 0 spiro atoms. The van der Waals surface area contributed by atoms with Crippen LogP contribution in [0, 0.1) is 0 Å². The molecule has 2 heteroatoms. The van der Waals surface area contributed by atoms with Crippen molar-refractivity contribution in [1.29, 1.82) is 0 Å². The van der Waals surface area contributed by atoms with Crippen molar-refractivity contribution in [3.05, 3.63) is 21.9 Å². The molecule has 1 heterocycles. The minimum atomic E-state index is 0.738. The molecule has 1 nitrogen and oxygen atoms in total. The van der Waals surface area contributed by atoms with E-state index >= 15 is 0 Å². The smallest absolute Gasteiger partial charge is 0.244 e. The minimum Gasteiger partial charge on any atom is -0.284 e. The first-order valence-electron chi connectivity index (χ1n) is 7.83. The van der Waals surface area contributed by atoms with Gasteiger partial charge in [-0.05, 0) is 25.0 Å². The number of thiophene rings is 1. The van der Waals surface area contributed by atoms with E-state index in [-0.39, 0.29) is 0 Å². The van der Waals surface area contributed by atoms with E-state index in [0.29, 0.717) is 0 Å². The van der Waals surface area contributed by atoms with Crippen LogP contribution in [0.5, 0.6) is 0 Å². The molecule has 0 aliphatic carbocycles. The highest BCUT2D eigenvalue weighted by Crippen LogP contribution is 2.18. The van der Waals surface area contributed by atoms with Crippen molar-refractivity contribution in [2.45, 2.75) is 77.6 Å². The zero-order chi connectivity index (χ0) is 13.8. The van der Waals surface area contributed by atoms with Gasteiger partial charge in [0.1, 0.15) is 0 Å². The molecule has 0 fully saturated rings. The molecule has 1 aromatic rings. The van der Waals surface area contributed by atoms with Crippen LogP contribution in [0.3, 0.4) is 0 Å². The zero-order valence-electron chi connectivity index (χ0n) is 12.2. The summed E-state index contributed by atoms with van der Waals surface area (Å²) in [6.45, 7) is 2.27. The molecule has 0 aliphatic heterocycles. The van der Waals surface area contributed by atoms with Crippen LogP contribution < -0.4 is 0 Å². The molecular weight excluding hydrogens is 252 g/mol. The lowest BCUT2D eigenvalue weighted by atomic mass is 10.1. The number of unbranched alkanes of at least 4 members (excludes halogenated alkanes) is 9. The lowest BCUT2D eigenvalue weighted by Crippen LogP contribution is -1.84. The van der Waals surface area contributed by atoms with Crippen molar-refractivity contribution >= 4 is 17.6 Å². The Balaban J connectivity index is 1.87. The maximum Gasteiger partial charge on any atom is 0.244 e. The first-order valence-corrected chi connectivity index (χ1v) is 8.65. The fraction of sp³-hybridized carbons (Fsp3) is 0.706. The molecule has 0 atom stereocenters. The average molecular weight is 279 g/mol. The van der Waals surface area contributed by atoms with Gasteiger partial charge in [0, 0.05) is 4.88 Å². The summed E-state index contributed by atoms with van der Waals surface area (Å²) in [6.07, 6.45) is 16.8. The van der Waals surface area contributed by atoms with Crippen LogP contribution in [0.4, 0.5) is 0 Å². The van der Waals surface area contributed by atoms with E-state index < -0.39 is 0 Å². The second-order valence-electron chi connectivity index (χ2n) is 5.30. The average Bonchev–Trinajstić information content (AvgIpc) is 2.89. The highest BCUT2D eigenvalue weighted by molar-refractivity contribution is 7.13. The molecule has 0 aromatic carbocycles. The monoisotopic (exact) mass is 279 g/mol. The van der Waals surface area contributed by atoms with Crippen LogP contribution in [-0.2, 0) is 11.2 Å². The van der Waals surface area contributed by atoms with Gasteiger partial charge in [0.25, 0.3) is 0 Å². The molecule has 0 bridgehead atoms. The number of aryl methyl sites for hydroxylation is 1. The quantitative estimate of drug-likeness (QED) is 0.450. The van der Waals surface area contributed by atoms with Gasteiger partial charge in [-0.2, -0.15) is 0 Å². The van der Waals surface area contributed by atoms with E-state index in [1.807, 2.05) is 12.4 Å². The van der Waals surface area contributed by atoms with Crippen LogP contribution in [0.2, 0.25) is 0 Å². The Morgan fingerprint density at radius 3 is 2.00 bits per heavy atom. The molecule has 0 saturated heterocycles. The predicted octanol–water partition coefficient (Wildman–Crippen LogP) is 5.67. The molecule has 1 aromatic heterocycles. The molecule has 0 unspecified atom stereocenters. The molecule has 19 heavy (non-hydrogen) atoms. The summed E-state index contributed by atoms with van der Waals surface area (Å²) in [5.41, 5.74) is 0. The predicted molar refractivity (Wildman–Crippen MR) is 84.7 cm³/mol. The van der Waals surface area contributed by atoms with Crippen molar-refractivity contribution in [1.82, 2.24) is 0 Å². The summed E-state index contributed by atoms with van der Waals surface area (Å²) in [6, 6.07) is 3.95. The van der Waals surface area contributed by atoms with Crippen molar-refractivity contribution in [2.75, 3.05) is 0 Å². The highest BCUT2D eigenvalue weighted by atomic mass is 32.1. The summed E-state index contributed by atoms with van der Waals surface area (Å²) in [7, 11) is 0. The Morgan fingerprint density at radius 2 is 1.47 bits per heavy atom. The molecule has 0 aliphatic rings. The van der Waals surface area contributed by atoms with Gasteiger partial charge in [-0.25, -0.2) is 0 Å². The summed E-state index contributed by atoms with van der Waals surface area (Å²) < 4.78 is 0. The van der Waals surface area contributed by atoms with Gasteiger partial charge < -0.3 is 0 Å². The Hall–Kier alpha value is -0.630. The second-order valence-corrected chi connectivity index (χ2v) is 6.47. The standard InChI is InChI=1S/C17H27OS/c1-2-3-4-5-6-7-8-9-10-11-12-16-13-14-17(15-18)19-16/h13-14H,2-12H2,1H3. The lowest BCUT2D eigenvalue weighted by molar-refractivity contribution is 0.557. The molecule has 0 saturated carbocycles. The normalized spacial score (nSPS) is 10.8. The third-order valence-electron chi connectivity index (χ3n) is 3.54. The summed E-state index contributed by atoms with van der Waals surface area (Å²) in [5.74, 6) is 0. The number of rotatable bonds is 12. The van der Waals surface area contributed by atoms with Crippen molar-refractivity contribution < 1.29 is 4.79 Å². The van der Waals surface area contributed by atoms with Crippen LogP contribution in [0.25, 0.3) is 0 Å². The van der Waals surface area contributed by atoms with E-state index in [9.17, 15) is 4.79 Å². The molecular formula is C17H27OS. The number of hydrogen-bond donors (Lipinski definition) is 0. The zero-order valence-corrected chi connectivity index (χ0v) is 13.1. The van der Waals surface area contributed by atoms with Gasteiger partial charge in [0.15, 0.2) is 0 Å². The van der Waals surface area contributed by atoms with Crippen molar-refractivity contribution in [2.24, 2.45) is 0 Å². The SMILES string of the molecule is CCCCCCCCCCCCc1ccc([C]=O)s1. The van der Waals surface area contributed by atoms with Crippen molar-refractivity contribution in [3.8, 4) is 0 Å². The van der Waals surface area contributed by atoms with Gasteiger partial charge in [0.2, 0.25) is 6.29 Å². The fourth-order valence-corrected chi connectivity index (χ4v) is 3.20. The lowest BCUT2D eigenvalue weighted by Gasteiger charge is -2.01. The third kappa shape index (κ3) is 8.20. The fourth-order valence-electron chi connectivity index (χ4n) is 2.35. The minimum absolute atomic E-state index is 0.738. The third-order valence-corrected chi connectivity index (χ3v) is 4.58. The van der Waals surface area contributed by atoms with Gasteiger partial charge in [-0.15, -0.1) is 11.3 Å². The summed E-state index contributed by atoms with van der Waals surface area (Å²) in [5, 5.41) is 0. The Morgan fingerprint density at radius 1 is 0.895 bits per heavy atom. The van der Waals surface area contributed by atoms with Gasteiger partial charge >= 0.3 is 0 Å². The molecule has 0 N–H and O–H groups in total. The first kappa shape index (κ1) is 16.4. The molecule has 1 radical (unpaired) electrons. The van der Waals surface area contributed by atoms with E-state index in [2.05, 4.69) is 13.0 Å². The summed E-state index contributed by atoms with van der Waals surface area (Å²) >= 11 is 1.59. The number of carbonyl (C=O) groups excluding carboxylic acids is 1. The largest absolute Gasteiger partial charge is 0.284 e. The molecule has 0 amide bonds. The molecule has 107 valence electrons. The van der Waals surface area contributed by atoms with Crippen molar-refractivity contribution in [3.63, 3.8) is 0 Å². The Bertz CT molecular complexity index is 330. The second kappa shape index (κ2) is 11.2. The van der Waals surface area contributed by atoms with E-state index in [1.54, 1.807) is 11.3 Å². The Kier molecular flexibility index (Phi) is 9.70. The van der Waals surface area contributed by atoms with E-state index in [4.69, 9.17) is 0 Å². The van der Waals surface area contributed by atoms with Crippen LogP contribution >= 0.6 is 11.3 Å². The molecule has 1 rings (SSSR count). The van der Waals surface area contributed by atoms with Crippen LogP contribution in [0.1, 0.15) is 80.9 Å². The van der Waals surface area contributed by atoms with E-state index in [1.165, 1.54) is 69.1 Å². The first-order chi connectivity index (χ1) is 9.36. The van der Waals surface area contributed by atoms with Crippen LogP contribution in [-0.4, -0.2) is 6.29 Å². The van der Waals surface area contributed by atoms with Gasteiger partial charge in [-0.1, -0.05) is 64.7 Å². The maximum atomic E-state index is 10.4. The van der Waals surface area contributed by atoms with Gasteiger partial charge in [0.05, 0.1) is 4.88 Å². The summed E-state index contributed by atoms with van der Waals surface area (Å²) in [4.78, 5) is 12.5. The Labute approximate surface area is 122 Å².